The average molecular weight is 490 g/mol. The van der Waals surface area contributed by atoms with Crippen molar-refractivity contribution in [1.82, 2.24) is 19.9 Å². The second kappa shape index (κ2) is 9.40. The van der Waals surface area contributed by atoms with Gasteiger partial charge in [-0.05, 0) is 32.4 Å². The number of nitrogens with zero attached hydrogens (tertiary/aromatic N) is 5. The van der Waals surface area contributed by atoms with Crippen molar-refractivity contribution in [3.05, 3.63) is 41.3 Å². The lowest BCUT2D eigenvalue weighted by Gasteiger charge is -2.22. The molecule has 1 unspecified atom stereocenters. The van der Waals surface area contributed by atoms with E-state index in [9.17, 15) is 23.2 Å². The largest absolute Gasteiger partial charge is 0.390 e. The Kier molecular flexibility index (Phi) is 6.91. The number of amides is 1. The van der Waals surface area contributed by atoms with Crippen LogP contribution in [0.15, 0.2) is 28.9 Å². The minimum atomic E-state index is -4.37. The summed E-state index contributed by atoms with van der Waals surface area (Å²) in [7, 11) is 0. The minimum absolute atomic E-state index is 0.0113. The predicted octanol–water partition coefficient (Wildman–Crippen LogP) is 4.94. The molecule has 1 atom stereocenters. The zero-order chi connectivity index (χ0) is 26.1. The molecule has 0 fully saturated rings. The van der Waals surface area contributed by atoms with Crippen LogP contribution in [0.1, 0.15) is 69.9 Å². The Labute approximate surface area is 200 Å². The van der Waals surface area contributed by atoms with E-state index >= 15 is 0 Å². The van der Waals surface area contributed by atoms with Crippen LogP contribution >= 0.6 is 0 Å². The zero-order valence-electron chi connectivity index (χ0n) is 19.9. The van der Waals surface area contributed by atoms with E-state index in [1.807, 2.05) is 13.8 Å². The first kappa shape index (κ1) is 25.7. The summed E-state index contributed by atoms with van der Waals surface area (Å²) in [5, 5.41) is 20.1. The molecule has 3 aromatic heterocycles. The van der Waals surface area contributed by atoms with Gasteiger partial charge in [-0.15, -0.1) is 0 Å². The van der Waals surface area contributed by atoms with Gasteiger partial charge in [0.25, 0.3) is 0 Å². The highest BCUT2D eigenvalue weighted by atomic mass is 19.4. The van der Waals surface area contributed by atoms with E-state index in [4.69, 9.17) is 10.3 Å². The number of aromatic nitrogens is 4. The number of nitrogens with two attached hydrogens (primary N) is 1. The van der Waals surface area contributed by atoms with Crippen molar-refractivity contribution in [2.45, 2.75) is 64.6 Å². The Morgan fingerprint density at radius 3 is 2.51 bits per heavy atom. The number of pyridine rings is 1. The lowest BCUT2D eigenvalue weighted by Crippen LogP contribution is -2.25. The van der Waals surface area contributed by atoms with Crippen molar-refractivity contribution in [2.75, 3.05) is 11.1 Å². The van der Waals surface area contributed by atoms with Crippen molar-refractivity contribution in [3.8, 4) is 17.5 Å². The van der Waals surface area contributed by atoms with Gasteiger partial charge in [0.15, 0.2) is 5.82 Å². The normalized spacial score (nSPS) is 13.0. The van der Waals surface area contributed by atoms with Crippen LogP contribution in [0.4, 0.5) is 24.8 Å². The number of halogens is 3. The van der Waals surface area contributed by atoms with E-state index < -0.39 is 29.8 Å². The average Bonchev–Trinajstić information content (AvgIpc) is 3.36. The van der Waals surface area contributed by atoms with Gasteiger partial charge in [0.05, 0.1) is 18.0 Å². The minimum Gasteiger partial charge on any atom is -0.383 e. The molecule has 12 heteroatoms. The third kappa shape index (κ3) is 5.62. The SMILES string of the molecule is CC(C(=O)Nc1cc(C(C)(C)CC(F)(F)F)on1)c1ccc(-c2nn(C(C)C)c(N)c2C#N)nc1. The van der Waals surface area contributed by atoms with E-state index in [-0.39, 0.29) is 29.0 Å². The Balaban J connectivity index is 1.74. The fourth-order valence-corrected chi connectivity index (χ4v) is 3.56. The maximum atomic E-state index is 12.8. The molecule has 186 valence electrons. The molecule has 0 aromatic carbocycles. The van der Waals surface area contributed by atoms with Gasteiger partial charge >= 0.3 is 6.18 Å². The van der Waals surface area contributed by atoms with E-state index in [0.717, 1.165) is 0 Å². The molecular weight excluding hydrogens is 463 g/mol. The standard InChI is InChI=1S/C23H26F3N7O2/c1-12(2)33-20(28)15(9-27)19(31-33)16-7-6-14(10-29-16)13(3)21(34)30-18-8-17(35-32-18)22(4,5)11-23(24,25)26/h6-8,10,12-13H,11,28H2,1-5H3,(H,30,32,34). The highest BCUT2D eigenvalue weighted by molar-refractivity contribution is 5.94. The van der Waals surface area contributed by atoms with Crippen LogP contribution in [0.3, 0.4) is 0 Å². The topological polar surface area (TPSA) is 136 Å². The second-order valence-electron chi connectivity index (χ2n) is 9.20. The zero-order valence-corrected chi connectivity index (χ0v) is 19.9. The molecule has 0 aliphatic rings. The van der Waals surface area contributed by atoms with Gasteiger partial charge in [0.2, 0.25) is 5.91 Å². The number of rotatable bonds is 7. The lowest BCUT2D eigenvalue weighted by atomic mass is 9.86. The molecule has 0 radical (unpaired) electrons. The molecule has 35 heavy (non-hydrogen) atoms. The third-order valence-corrected chi connectivity index (χ3v) is 5.54. The third-order valence-electron chi connectivity index (χ3n) is 5.54. The van der Waals surface area contributed by atoms with E-state index in [0.29, 0.717) is 17.0 Å². The molecule has 0 aliphatic carbocycles. The van der Waals surface area contributed by atoms with Crippen molar-refractivity contribution in [3.63, 3.8) is 0 Å². The van der Waals surface area contributed by atoms with Crippen molar-refractivity contribution < 1.29 is 22.5 Å². The molecule has 0 aliphatic heterocycles. The summed E-state index contributed by atoms with van der Waals surface area (Å²) in [6, 6.07) is 6.62. The van der Waals surface area contributed by atoms with Gasteiger partial charge in [0, 0.05) is 23.7 Å². The first-order valence-corrected chi connectivity index (χ1v) is 10.8. The number of anilines is 2. The summed E-state index contributed by atoms with van der Waals surface area (Å²) in [6.07, 6.45) is -3.97. The van der Waals surface area contributed by atoms with Crippen LogP contribution in [0, 0.1) is 11.3 Å². The van der Waals surface area contributed by atoms with Crippen LogP contribution < -0.4 is 11.1 Å². The molecule has 1 amide bonds. The van der Waals surface area contributed by atoms with Crippen molar-refractivity contribution >= 4 is 17.5 Å². The van der Waals surface area contributed by atoms with Crippen LogP contribution in [0.2, 0.25) is 0 Å². The molecule has 3 rings (SSSR count). The number of nitriles is 1. The fraction of sp³-hybridized carbons (Fsp3) is 0.435. The monoisotopic (exact) mass is 489 g/mol. The van der Waals surface area contributed by atoms with E-state index in [1.165, 1.54) is 26.1 Å². The molecule has 0 saturated carbocycles. The van der Waals surface area contributed by atoms with Gasteiger partial charge in [-0.2, -0.15) is 23.5 Å². The van der Waals surface area contributed by atoms with Crippen LogP contribution in [-0.4, -0.2) is 32.0 Å². The van der Waals surface area contributed by atoms with E-state index in [2.05, 4.69) is 26.6 Å². The summed E-state index contributed by atoms with van der Waals surface area (Å²) in [6.45, 7) is 8.20. The molecular formula is C23H26F3N7O2. The van der Waals surface area contributed by atoms with Gasteiger partial charge in [-0.1, -0.05) is 25.1 Å². The van der Waals surface area contributed by atoms with Gasteiger partial charge in [0.1, 0.15) is 28.9 Å². The number of nitrogens with one attached hydrogen (secondary N) is 1. The molecule has 0 bridgehead atoms. The molecule has 9 nitrogen and oxygen atoms in total. The smallest absolute Gasteiger partial charge is 0.383 e. The first-order valence-electron chi connectivity index (χ1n) is 10.8. The van der Waals surface area contributed by atoms with Crippen LogP contribution in [-0.2, 0) is 10.2 Å². The van der Waals surface area contributed by atoms with Crippen molar-refractivity contribution in [1.29, 1.82) is 5.26 Å². The molecule has 3 N–H and O–H groups in total. The second-order valence-corrected chi connectivity index (χ2v) is 9.20. The fourth-order valence-electron chi connectivity index (χ4n) is 3.56. The summed E-state index contributed by atoms with van der Waals surface area (Å²) in [5.41, 5.74) is 6.26. The molecule has 0 spiro atoms. The molecule has 3 aromatic rings. The lowest BCUT2D eigenvalue weighted by molar-refractivity contribution is -0.147. The molecule has 3 heterocycles. The quantitative estimate of drug-likeness (QED) is 0.480. The van der Waals surface area contributed by atoms with Gasteiger partial charge in [-0.3, -0.25) is 9.78 Å². The highest BCUT2D eigenvalue weighted by Crippen LogP contribution is 2.37. The van der Waals surface area contributed by atoms with Gasteiger partial charge in [-0.25, -0.2) is 4.68 Å². The number of nitrogen functional groups attached to an aromatic ring is 1. The Bertz CT molecular complexity index is 1250. The Hall–Kier alpha value is -3.88. The summed E-state index contributed by atoms with van der Waals surface area (Å²) >= 11 is 0. The molecule has 0 saturated heterocycles. The maximum Gasteiger partial charge on any atom is 0.390 e. The van der Waals surface area contributed by atoms with E-state index in [1.54, 1.807) is 23.7 Å². The summed E-state index contributed by atoms with van der Waals surface area (Å²) in [5.74, 6) is -0.823. The number of carbonyl (C=O) groups is 1. The highest BCUT2D eigenvalue weighted by Gasteiger charge is 2.40. The number of carbonyl (C=O) groups excluding carboxylic acids is 1. The van der Waals surface area contributed by atoms with Crippen molar-refractivity contribution in [2.24, 2.45) is 0 Å². The Morgan fingerprint density at radius 2 is 1.97 bits per heavy atom. The first-order chi connectivity index (χ1) is 16.2. The number of alkyl halides is 3. The summed E-state index contributed by atoms with van der Waals surface area (Å²) in [4.78, 5) is 17.1. The van der Waals surface area contributed by atoms with Crippen LogP contribution in [0.25, 0.3) is 11.4 Å². The number of hydrogen-bond acceptors (Lipinski definition) is 7. The van der Waals surface area contributed by atoms with Gasteiger partial charge < -0.3 is 15.6 Å². The van der Waals surface area contributed by atoms with Crippen LogP contribution in [0.5, 0.6) is 0 Å². The maximum absolute atomic E-state index is 12.8. The number of hydrogen-bond donors (Lipinski definition) is 2. The predicted molar refractivity (Wildman–Crippen MR) is 122 cm³/mol. The Morgan fingerprint density at radius 1 is 1.29 bits per heavy atom. The summed E-state index contributed by atoms with van der Waals surface area (Å²) < 4.78 is 45.1.